The standard InChI is InChI=1S/C18H27NO4/c1-4-23-11-5-10-19(13-15(3)18(21)22)17(20)12-16-8-6-14(2)7-9-16/h6-9,15H,4-5,10-13H2,1-3H3,(H,21,22). The summed E-state index contributed by atoms with van der Waals surface area (Å²) < 4.78 is 5.29. The first-order valence-corrected chi connectivity index (χ1v) is 8.08. The van der Waals surface area contributed by atoms with Gasteiger partial charge >= 0.3 is 5.97 Å². The van der Waals surface area contributed by atoms with Crippen molar-refractivity contribution in [1.29, 1.82) is 0 Å². The highest BCUT2D eigenvalue weighted by Crippen LogP contribution is 2.09. The Labute approximate surface area is 138 Å². The van der Waals surface area contributed by atoms with Crippen molar-refractivity contribution < 1.29 is 19.4 Å². The third kappa shape index (κ3) is 7.28. The van der Waals surface area contributed by atoms with E-state index in [1.807, 2.05) is 38.1 Å². The third-order valence-electron chi connectivity index (χ3n) is 3.67. The molecule has 1 atom stereocenters. The van der Waals surface area contributed by atoms with Crippen LogP contribution >= 0.6 is 0 Å². The Hall–Kier alpha value is -1.88. The smallest absolute Gasteiger partial charge is 0.308 e. The molecule has 0 aliphatic rings. The minimum Gasteiger partial charge on any atom is -0.481 e. The number of nitrogens with zero attached hydrogens (tertiary/aromatic N) is 1. The number of carboxylic acids is 1. The predicted molar refractivity (Wildman–Crippen MR) is 89.4 cm³/mol. The molecule has 0 radical (unpaired) electrons. The van der Waals surface area contributed by atoms with Crippen LogP contribution in [0.5, 0.6) is 0 Å². The van der Waals surface area contributed by atoms with Gasteiger partial charge in [-0.3, -0.25) is 9.59 Å². The number of hydrogen-bond acceptors (Lipinski definition) is 3. The van der Waals surface area contributed by atoms with E-state index >= 15 is 0 Å². The average molecular weight is 321 g/mol. The Morgan fingerprint density at radius 1 is 1.26 bits per heavy atom. The zero-order chi connectivity index (χ0) is 17.2. The van der Waals surface area contributed by atoms with Crippen molar-refractivity contribution in [2.75, 3.05) is 26.3 Å². The van der Waals surface area contributed by atoms with E-state index in [9.17, 15) is 9.59 Å². The van der Waals surface area contributed by atoms with Gasteiger partial charge in [-0.2, -0.15) is 0 Å². The Morgan fingerprint density at radius 3 is 2.48 bits per heavy atom. The van der Waals surface area contributed by atoms with Crippen LogP contribution in [-0.4, -0.2) is 48.2 Å². The fraction of sp³-hybridized carbons (Fsp3) is 0.556. The summed E-state index contributed by atoms with van der Waals surface area (Å²) in [4.78, 5) is 25.2. The number of ether oxygens (including phenoxy) is 1. The van der Waals surface area contributed by atoms with E-state index in [1.54, 1.807) is 11.8 Å². The summed E-state index contributed by atoms with van der Waals surface area (Å²) in [7, 11) is 0. The lowest BCUT2D eigenvalue weighted by Gasteiger charge is -2.24. The van der Waals surface area contributed by atoms with Gasteiger partial charge in [0.25, 0.3) is 0 Å². The first-order valence-electron chi connectivity index (χ1n) is 8.08. The second-order valence-corrected chi connectivity index (χ2v) is 5.79. The van der Waals surface area contributed by atoms with E-state index in [0.717, 1.165) is 11.1 Å². The van der Waals surface area contributed by atoms with Crippen LogP contribution in [0.4, 0.5) is 0 Å². The molecule has 0 aliphatic carbocycles. The number of benzene rings is 1. The van der Waals surface area contributed by atoms with E-state index < -0.39 is 11.9 Å². The van der Waals surface area contributed by atoms with Crippen molar-refractivity contribution in [3.63, 3.8) is 0 Å². The molecule has 1 unspecified atom stereocenters. The molecule has 1 aromatic carbocycles. The average Bonchev–Trinajstić information content (AvgIpc) is 2.52. The Morgan fingerprint density at radius 2 is 1.91 bits per heavy atom. The lowest BCUT2D eigenvalue weighted by Crippen LogP contribution is -2.38. The maximum atomic E-state index is 12.5. The van der Waals surface area contributed by atoms with Crippen LogP contribution in [0.1, 0.15) is 31.4 Å². The van der Waals surface area contributed by atoms with Crippen LogP contribution in [0.15, 0.2) is 24.3 Å². The lowest BCUT2D eigenvalue weighted by molar-refractivity contribution is -0.143. The van der Waals surface area contributed by atoms with Crippen molar-refractivity contribution in [2.24, 2.45) is 5.92 Å². The summed E-state index contributed by atoms with van der Waals surface area (Å²) in [5.74, 6) is -1.51. The maximum absolute atomic E-state index is 12.5. The van der Waals surface area contributed by atoms with Crippen molar-refractivity contribution in [1.82, 2.24) is 4.90 Å². The van der Waals surface area contributed by atoms with Gasteiger partial charge in [-0.05, 0) is 25.8 Å². The molecule has 0 aromatic heterocycles. The minimum absolute atomic E-state index is 0.0431. The van der Waals surface area contributed by atoms with Gasteiger partial charge in [0.05, 0.1) is 12.3 Å². The summed E-state index contributed by atoms with van der Waals surface area (Å²) in [5, 5.41) is 9.08. The molecule has 1 rings (SSSR count). The third-order valence-corrected chi connectivity index (χ3v) is 3.67. The molecule has 0 aliphatic heterocycles. The number of aliphatic carboxylic acids is 1. The Kier molecular flexibility index (Phi) is 8.33. The fourth-order valence-electron chi connectivity index (χ4n) is 2.22. The van der Waals surface area contributed by atoms with Gasteiger partial charge in [0.15, 0.2) is 0 Å². The molecular weight excluding hydrogens is 294 g/mol. The predicted octanol–water partition coefficient (Wildman–Crippen LogP) is 2.51. The van der Waals surface area contributed by atoms with E-state index in [2.05, 4.69) is 0 Å². The van der Waals surface area contributed by atoms with Gasteiger partial charge in [0, 0.05) is 26.3 Å². The highest BCUT2D eigenvalue weighted by molar-refractivity contribution is 5.79. The molecule has 5 nitrogen and oxygen atoms in total. The monoisotopic (exact) mass is 321 g/mol. The van der Waals surface area contributed by atoms with Crippen molar-refractivity contribution in [3.8, 4) is 0 Å². The van der Waals surface area contributed by atoms with E-state index in [0.29, 0.717) is 32.6 Å². The zero-order valence-corrected chi connectivity index (χ0v) is 14.2. The summed E-state index contributed by atoms with van der Waals surface area (Å²) >= 11 is 0. The van der Waals surface area contributed by atoms with Crippen molar-refractivity contribution >= 4 is 11.9 Å². The highest BCUT2D eigenvalue weighted by Gasteiger charge is 2.20. The quantitative estimate of drug-likeness (QED) is 0.672. The number of amides is 1. The highest BCUT2D eigenvalue weighted by atomic mass is 16.5. The molecule has 1 aromatic rings. The van der Waals surface area contributed by atoms with Crippen LogP contribution in [0.2, 0.25) is 0 Å². The second-order valence-electron chi connectivity index (χ2n) is 5.79. The molecular formula is C18H27NO4. The summed E-state index contributed by atoms with van der Waals surface area (Å²) in [6.07, 6.45) is 1.00. The van der Waals surface area contributed by atoms with Gasteiger partial charge in [0.1, 0.15) is 0 Å². The number of hydrogen-bond donors (Lipinski definition) is 1. The summed E-state index contributed by atoms with van der Waals surface area (Å²) in [5.41, 5.74) is 2.09. The molecule has 1 amide bonds. The molecule has 23 heavy (non-hydrogen) atoms. The Bertz CT molecular complexity index is 498. The number of carbonyl (C=O) groups excluding carboxylic acids is 1. The second kappa shape index (κ2) is 10.0. The van der Waals surface area contributed by atoms with E-state index in [4.69, 9.17) is 9.84 Å². The van der Waals surface area contributed by atoms with Gasteiger partial charge < -0.3 is 14.7 Å². The summed E-state index contributed by atoms with van der Waals surface area (Å²) in [6, 6.07) is 7.82. The SMILES string of the molecule is CCOCCCN(CC(C)C(=O)O)C(=O)Cc1ccc(C)cc1. The van der Waals surface area contributed by atoms with Crippen LogP contribution in [-0.2, 0) is 20.7 Å². The van der Waals surface area contributed by atoms with Crippen LogP contribution in [0, 0.1) is 12.8 Å². The van der Waals surface area contributed by atoms with Gasteiger partial charge in [-0.1, -0.05) is 36.8 Å². The normalized spacial score (nSPS) is 12.0. The molecule has 0 bridgehead atoms. The summed E-state index contributed by atoms with van der Waals surface area (Å²) in [6.45, 7) is 7.51. The number of carboxylic acid groups (broad SMARTS) is 1. The van der Waals surface area contributed by atoms with E-state index in [1.165, 1.54) is 0 Å². The molecule has 5 heteroatoms. The maximum Gasteiger partial charge on any atom is 0.308 e. The van der Waals surface area contributed by atoms with Gasteiger partial charge in [-0.25, -0.2) is 0 Å². The molecule has 0 heterocycles. The number of carbonyl (C=O) groups is 2. The first kappa shape index (κ1) is 19.2. The Balaban J connectivity index is 2.65. The molecule has 1 N–H and O–H groups in total. The number of rotatable bonds is 10. The molecule has 0 saturated heterocycles. The largest absolute Gasteiger partial charge is 0.481 e. The van der Waals surface area contributed by atoms with Crippen molar-refractivity contribution in [2.45, 2.75) is 33.6 Å². The zero-order valence-electron chi connectivity index (χ0n) is 14.2. The van der Waals surface area contributed by atoms with E-state index in [-0.39, 0.29) is 12.5 Å². The lowest BCUT2D eigenvalue weighted by atomic mass is 10.1. The molecule has 128 valence electrons. The first-order chi connectivity index (χ1) is 10.9. The topological polar surface area (TPSA) is 66.8 Å². The molecule has 0 fully saturated rings. The van der Waals surface area contributed by atoms with Crippen LogP contribution < -0.4 is 0 Å². The van der Waals surface area contributed by atoms with Gasteiger partial charge in [0.2, 0.25) is 5.91 Å². The molecule has 0 spiro atoms. The van der Waals surface area contributed by atoms with Gasteiger partial charge in [-0.15, -0.1) is 0 Å². The number of aryl methyl sites for hydroxylation is 1. The minimum atomic E-state index is -0.886. The van der Waals surface area contributed by atoms with Crippen LogP contribution in [0.3, 0.4) is 0 Å². The van der Waals surface area contributed by atoms with Crippen LogP contribution in [0.25, 0.3) is 0 Å². The van der Waals surface area contributed by atoms with Crippen molar-refractivity contribution in [3.05, 3.63) is 35.4 Å². The fourth-order valence-corrected chi connectivity index (χ4v) is 2.22. The molecule has 0 saturated carbocycles.